The molecule has 1 N–H and O–H groups in total. The summed E-state index contributed by atoms with van der Waals surface area (Å²) in [6.07, 6.45) is 1.97. The molecule has 7 nitrogen and oxygen atoms in total. The van der Waals surface area contributed by atoms with E-state index in [2.05, 4.69) is 5.32 Å². The van der Waals surface area contributed by atoms with Crippen molar-refractivity contribution in [3.05, 3.63) is 62.1 Å². The fourth-order valence-corrected chi connectivity index (χ4v) is 5.17. The summed E-state index contributed by atoms with van der Waals surface area (Å²) >= 11 is 24.7. The van der Waals surface area contributed by atoms with Gasteiger partial charge in [-0.25, -0.2) is 8.42 Å². The molecule has 0 bridgehead atoms. The zero-order valence-electron chi connectivity index (χ0n) is 19.5. The number of benzene rings is 2. The van der Waals surface area contributed by atoms with E-state index in [9.17, 15) is 18.0 Å². The molecule has 0 aliphatic heterocycles. The van der Waals surface area contributed by atoms with Crippen LogP contribution in [0.3, 0.4) is 0 Å². The quantitative estimate of drug-likeness (QED) is 0.384. The van der Waals surface area contributed by atoms with Gasteiger partial charge in [-0.15, -0.1) is 0 Å². The van der Waals surface area contributed by atoms with Crippen molar-refractivity contribution < 1.29 is 18.0 Å². The zero-order chi connectivity index (χ0) is 26.3. The number of nitrogens with zero attached hydrogens (tertiary/aromatic N) is 2. The molecule has 2 aromatic rings. The third-order valence-corrected chi connectivity index (χ3v) is 7.69. The molecule has 192 valence electrons. The van der Waals surface area contributed by atoms with Crippen LogP contribution >= 0.6 is 46.4 Å². The first-order valence-corrected chi connectivity index (χ1v) is 14.2. The maximum absolute atomic E-state index is 13.6. The maximum Gasteiger partial charge on any atom is 0.244 e. The minimum Gasteiger partial charge on any atom is -0.354 e. The number of anilines is 1. The van der Waals surface area contributed by atoms with Crippen LogP contribution < -0.4 is 9.62 Å². The number of halogens is 4. The van der Waals surface area contributed by atoms with Gasteiger partial charge in [0.25, 0.3) is 0 Å². The number of amides is 2. The highest BCUT2D eigenvalue weighted by atomic mass is 35.5. The van der Waals surface area contributed by atoms with Crippen molar-refractivity contribution in [2.45, 2.75) is 39.3 Å². The van der Waals surface area contributed by atoms with Gasteiger partial charge >= 0.3 is 0 Å². The lowest BCUT2D eigenvalue weighted by Crippen LogP contribution is -2.52. The van der Waals surface area contributed by atoms with E-state index in [1.54, 1.807) is 19.1 Å². The number of rotatable bonds is 11. The standard InChI is InChI=1S/C23H27Cl4N3O4S/c1-4-11-28-23(32)19(5-2)29(13-15-9-10-16(24)12-18(15)26)21(31)14-30(35(3,33)34)20-8-6-7-17(25)22(20)27/h6-10,12,19H,4-5,11,13-14H2,1-3H3,(H,28,32). The molecule has 0 aliphatic carbocycles. The van der Waals surface area contributed by atoms with Crippen LogP contribution in [0.25, 0.3) is 0 Å². The topological polar surface area (TPSA) is 86.8 Å². The summed E-state index contributed by atoms with van der Waals surface area (Å²) in [5, 5.41) is 3.67. The van der Waals surface area contributed by atoms with Gasteiger partial charge in [0.1, 0.15) is 12.6 Å². The first-order chi connectivity index (χ1) is 16.4. The van der Waals surface area contributed by atoms with Gasteiger partial charge in [0.15, 0.2) is 0 Å². The third kappa shape index (κ3) is 7.89. The number of carbonyl (C=O) groups excluding carboxylic acids is 2. The van der Waals surface area contributed by atoms with E-state index >= 15 is 0 Å². The fourth-order valence-electron chi connectivity index (χ4n) is 3.40. The minimum absolute atomic E-state index is 0.00702. The summed E-state index contributed by atoms with van der Waals surface area (Å²) in [7, 11) is -3.94. The lowest BCUT2D eigenvalue weighted by atomic mass is 10.1. The Labute approximate surface area is 226 Å². The SMILES string of the molecule is CCCNC(=O)C(CC)N(Cc1ccc(Cl)cc1Cl)C(=O)CN(c1cccc(Cl)c1Cl)S(C)(=O)=O. The summed E-state index contributed by atoms with van der Waals surface area (Å²) in [4.78, 5) is 27.9. The Kier molecular flexibility index (Phi) is 11.0. The van der Waals surface area contributed by atoms with Gasteiger partial charge in [0, 0.05) is 23.1 Å². The van der Waals surface area contributed by atoms with Crippen molar-refractivity contribution in [2.24, 2.45) is 0 Å². The molecule has 12 heteroatoms. The van der Waals surface area contributed by atoms with Crippen LogP contribution in [0.4, 0.5) is 5.69 Å². The minimum atomic E-state index is -3.94. The lowest BCUT2D eigenvalue weighted by Gasteiger charge is -2.33. The molecule has 0 saturated heterocycles. The highest BCUT2D eigenvalue weighted by Gasteiger charge is 2.32. The Morgan fingerprint density at radius 1 is 1.03 bits per heavy atom. The zero-order valence-corrected chi connectivity index (χ0v) is 23.4. The average Bonchev–Trinajstić information content (AvgIpc) is 2.78. The monoisotopic (exact) mass is 581 g/mol. The lowest BCUT2D eigenvalue weighted by molar-refractivity contribution is -0.140. The molecular weight excluding hydrogens is 556 g/mol. The molecule has 0 spiro atoms. The second-order valence-electron chi connectivity index (χ2n) is 7.82. The van der Waals surface area contributed by atoms with Crippen LogP contribution in [0.1, 0.15) is 32.3 Å². The number of hydrogen-bond donors (Lipinski definition) is 1. The molecule has 0 heterocycles. The Morgan fingerprint density at radius 3 is 2.29 bits per heavy atom. The van der Waals surface area contributed by atoms with Crippen molar-refractivity contribution in [3.8, 4) is 0 Å². The van der Waals surface area contributed by atoms with E-state index in [0.29, 0.717) is 35.0 Å². The summed E-state index contributed by atoms with van der Waals surface area (Å²) in [6, 6.07) is 8.45. The first kappa shape index (κ1) is 29.5. The van der Waals surface area contributed by atoms with Crippen LogP contribution in [0.5, 0.6) is 0 Å². The molecule has 1 atom stereocenters. The van der Waals surface area contributed by atoms with Gasteiger partial charge in [-0.2, -0.15) is 0 Å². The molecule has 35 heavy (non-hydrogen) atoms. The molecule has 1 unspecified atom stereocenters. The molecular formula is C23H27Cl4N3O4S. The Bertz CT molecular complexity index is 1180. The first-order valence-electron chi connectivity index (χ1n) is 10.8. The average molecular weight is 583 g/mol. The van der Waals surface area contributed by atoms with Crippen molar-refractivity contribution >= 4 is 73.9 Å². The van der Waals surface area contributed by atoms with Crippen molar-refractivity contribution in [1.82, 2.24) is 10.2 Å². The number of carbonyl (C=O) groups is 2. The van der Waals surface area contributed by atoms with Gasteiger partial charge in [-0.3, -0.25) is 13.9 Å². The van der Waals surface area contributed by atoms with E-state index in [0.717, 1.165) is 10.6 Å². The number of sulfonamides is 1. The molecule has 0 saturated carbocycles. The predicted octanol–water partition coefficient (Wildman–Crippen LogP) is 5.40. The van der Waals surface area contributed by atoms with E-state index in [1.807, 2.05) is 6.92 Å². The van der Waals surface area contributed by atoms with Crippen molar-refractivity contribution in [3.63, 3.8) is 0 Å². The number of hydrogen-bond acceptors (Lipinski definition) is 4. The summed E-state index contributed by atoms with van der Waals surface area (Å²) in [5.74, 6) is -0.963. The molecule has 2 amide bonds. The Morgan fingerprint density at radius 2 is 1.71 bits per heavy atom. The van der Waals surface area contributed by atoms with Crippen molar-refractivity contribution in [2.75, 3.05) is 23.7 Å². The Balaban J connectivity index is 2.50. The van der Waals surface area contributed by atoms with E-state index in [-0.39, 0.29) is 28.2 Å². The second-order valence-corrected chi connectivity index (χ2v) is 11.4. The molecule has 2 rings (SSSR count). The van der Waals surface area contributed by atoms with Crippen LogP contribution in [0.15, 0.2) is 36.4 Å². The van der Waals surface area contributed by atoms with Gasteiger partial charge in [0.2, 0.25) is 21.8 Å². The summed E-state index contributed by atoms with van der Waals surface area (Å²) in [6.45, 7) is 3.49. The van der Waals surface area contributed by atoms with Gasteiger partial charge in [0.05, 0.1) is 22.0 Å². The molecule has 0 aliphatic rings. The van der Waals surface area contributed by atoms with Gasteiger partial charge < -0.3 is 10.2 Å². The normalized spacial score (nSPS) is 12.2. The fraction of sp³-hybridized carbons (Fsp3) is 0.391. The van der Waals surface area contributed by atoms with E-state index in [4.69, 9.17) is 46.4 Å². The van der Waals surface area contributed by atoms with Crippen molar-refractivity contribution in [1.29, 1.82) is 0 Å². The predicted molar refractivity (Wildman–Crippen MR) is 143 cm³/mol. The van der Waals surface area contributed by atoms with E-state index in [1.165, 1.54) is 29.2 Å². The largest absolute Gasteiger partial charge is 0.354 e. The maximum atomic E-state index is 13.6. The molecule has 0 aromatic heterocycles. The van der Waals surface area contributed by atoms with E-state index < -0.39 is 28.5 Å². The van der Waals surface area contributed by atoms with Crippen LogP contribution in [-0.2, 0) is 26.2 Å². The van der Waals surface area contributed by atoms with Crippen LogP contribution in [-0.4, -0.2) is 50.5 Å². The Hall–Kier alpha value is -1.71. The smallest absolute Gasteiger partial charge is 0.244 e. The van der Waals surface area contributed by atoms with Gasteiger partial charge in [-0.1, -0.05) is 72.4 Å². The molecule has 0 radical (unpaired) electrons. The van der Waals surface area contributed by atoms with Crippen LogP contribution in [0, 0.1) is 0 Å². The second kappa shape index (κ2) is 13.0. The highest BCUT2D eigenvalue weighted by Crippen LogP contribution is 2.34. The molecule has 0 fully saturated rings. The summed E-state index contributed by atoms with van der Waals surface area (Å²) < 4.78 is 26.2. The third-order valence-electron chi connectivity index (χ3n) is 5.17. The molecule has 2 aromatic carbocycles. The van der Waals surface area contributed by atoms with Crippen LogP contribution in [0.2, 0.25) is 20.1 Å². The summed E-state index contributed by atoms with van der Waals surface area (Å²) in [5.41, 5.74) is 0.612. The van der Waals surface area contributed by atoms with Gasteiger partial charge in [-0.05, 0) is 42.7 Å². The highest BCUT2D eigenvalue weighted by molar-refractivity contribution is 7.92. The number of nitrogens with one attached hydrogen (secondary N) is 1.